The number of ketones is 1. The van der Waals surface area contributed by atoms with Crippen molar-refractivity contribution < 1.29 is 4.79 Å². The number of unbranched alkanes of at least 4 members (excludes halogenated alkanes) is 14. The van der Waals surface area contributed by atoms with Crippen molar-refractivity contribution in [1.82, 2.24) is 9.97 Å². The second kappa shape index (κ2) is 16.1. The second-order valence-electron chi connectivity index (χ2n) is 7.73. The van der Waals surface area contributed by atoms with Crippen molar-refractivity contribution in [2.24, 2.45) is 0 Å². The quantitative estimate of drug-likeness (QED) is 0.218. The Balaban J connectivity index is 1.81. The number of imidazole rings is 1. The van der Waals surface area contributed by atoms with Gasteiger partial charge in [0, 0.05) is 18.3 Å². The van der Waals surface area contributed by atoms with Crippen LogP contribution in [0.5, 0.6) is 0 Å². The van der Waals surface area contributed by atoms with E-state index in [0.29, 0.717) is 12.2 Å². The van der Waals surface area contributed by atoms with Gasteiger partial charge in [0.2, 0.25) is 0 Å². The van der Waals surface area contributed by atoms with Gasteiger partial charge in [0.25, 0.3) is 0 Å². The summed E-state index contributed by atoms with van der Waals surface area (Å²) in [5.41, 5.74) is 1.05. The van der Waals surface area contributed by atoms with Gasteiger partial charge in [-0.25, -0.2) is 4.98 Å². The van der Waals surface area contributed by atoms with E-state index in [-0.39, 0.29) is 5.78 Å². The molecule has 1 rings (SSSR count). The highest BCUT2D eigenvalue weighted by atomic mass is 16.1. The molecule has 0 aromatic carbocycles. The van der Waals surface area contributed by atoms with Crippen LogP contribution in [0.1, 0.15) is 133 Å². The van der Waals surface area contributed by atoms with Crippen LogP contribution in [0, 0.1) is 0 Å². The number of Topliss-reactive ketones (excluding diaryl/α,β-unsaturated/α-hetero) is 1. The van der Waals surface area contributed by atoms with E-state index in [0.717, 1.165) is 18.5 Å². The zero-order valence-corrected chi connectivity index (χ0v) is 17.5. The van der Waals surface area contributed by atoms with Crippen molar-refractivity contribution in [3.63, 3.8) is 0 Å². The van der Waals surface area contributed by atoms with E-state index >= 15 is 0 Å². The Bertz CT molecular complexity index is 453. The lowest BCUT2D eigenvalue weighted by Crippen LogP contribution is -2.01. The number of nitrogens with one attached hydrogen (secondary N) is 1. The van der Waals surface area contributed by atoms with E-state index in [2.05, 4.69) is 23.8 Å². The standard InChI is InChI=1S/C23H42N2O/c1-3-5-6-7-8-9-10-11-12-13-14-15-16-17-18-19-22(26)23-24-20-21(4-2)25-23/h20H,3-19H2,1-2H3,(H,24,25). The first-order chi connectivity index (χ1) is 12.8. The minimum absolute atomic E-state index is 0.166. The van der Waals surface area contributed by atoms with Gasteiger partial charge in [-0.3, -0.25) is 4.79 Å². The molecule has 0 aliphatic rings. The number of carbonyl (C=O) groups is 1. The molecule has 0 spiro atoms. The molecule has 0 radical (unpaired) electrons. The SMILES string of the molecule is CCCCCCCCCCCCCCCCCC(=O)c1ncc(CC)[nH]1. The highest BCUT2D eigenvalue weighted by Gasteiger charge is 2.09. The fourth-order valence-electron chi connectivity index (χ4n) is 3.46. The topological polar surface area (TPSA) is 45.8 Å². The summed E-state index contributed by atoms with van der Waals surface area (Å²) in [7, 11) is 0. The number of hydrogen-bond donors (Lipinski definition) is 1. The molecule has 3 heteroatoms. The maximum atomic E-state index is 12.0. The molecule has 0 aliphatic heterocycles. The first-order valence-corrected chi connectivity index (χ1v) is 11.3. The highest BCUT2D eigenvalue weighted by molar-refractivity contribution is 5.92. The van der Waals surface area contributed by atoms with Crippen LogP contribution in [-0.4, -0.2) is 15.8 Å². The molecule has 0 atom stereocenters. The van der Waals surface area contributed by atoms with E-state index in [1.165, 1.54) is 89.9 Å². The second-order valence-corrected chi connectivity index (χ2v) is 7.73. The molecule has 0 unspecified atom stereocenters. The third-order valence-electron chi connectivity index (χ3n) is 5.28. The van der Waals surface area contributed by atoms with E-state index in [1.54, 1.807) is 6.20 Å². The van der Waals surface area contributed by atoms with Crippen LogP contribution in [0.4, 0.5) is 0 Å². The molecule has 0 bridgehead atoms. The summed E-state index contributed by atoms with van der Waals surface area (Å²) in [6, 6.07) is 0. The summed E-state index contributed by atoms with van der Waals surface area (Å²) in [5, 5.41) is 0. The first-order valence-electron chi connectivity index (χ1n) is 11.3. The molecular weight excluding hydrogens is 320 g/mol. The molecule has 1 aromatic heterocycles. The van der Waals surface area contributed by atoms with Crippen molar-refractivity contribution in [1.29, 1.82) is 0 Å². The van der Waals surface area contributed by atoms with Gasteiger partial charge in [-0.2, -0.15) is 0 Å². The molecule has 0 aliphatic carbocycles. The van der Waals surface area contributed by atoms with E-state index < -0.39 is 0 Å². The molecule has 1 aromatic rings. The van der Waals surface area contributed by atoms with Crippen molar-refractivity contribution >= 4 is 5.78 Å². The zero-order valence-electron chi connectivity index (χ0n) is 17.5. The number of aromatic amines is 1. The summed E-state index contributed by atoms with van der Waals surface area (Å²) >= 11 is 0. The molecule has 1 heterocycles. The smallest absolute Gasteiger partial charge is 0.198 e. The van der Waals surface area contributed by atoms with Gasteiger partial charge in [-0.1, -0.05) is 104 Å². The molecule has 0 fully saturated rings. The van der Waals surface area contributed by atoms with Gasteiger partial charge in [0.1, 0.15) is 0 Å². The van der Waals surface area contributed by atoms with Crippen LogP contribution in [0.2, 0.25) is 0 Å². The van der Waals surface area contributed by atoms with Crippen molar-refractivity contribution in [3.05, 3.63) is 17.7 Å². The molecule has 0 saturated heterocycles. The fraction of sp³-hybridized carbons (Fsp3) is 0.826. The van der Waals surface area contributed by atoms with Gasteiger partial charge < -0.3 is 4.98 Å². The third-order valence-corrected chi connectivity index (χ3v) is 5.28. The monoisotopic (exact) mass is 362 g/mol. The van der Waals surface area contributed by atoms with Crippen molar-refractivity contribution in [2.45, 2.75) is 123 Å². The fourth-order valence-corrected chi connectivity index (χ4v) is 3.46. The lowest BCUT2D eigenvalue weighted by Gasteiger charge is -2.03. The molecule has 0 saturated carbocycles. The van der Waals surface area contributed by atoms with Crippen LogP contribution in [0.25, 0.3) is 0 Å². The van der Waals surface area contributed by atoms with Crippen LogP contribution >= 0.6 is 0 Å². The lowest BCUT2D eigenvalue weighted by molar-refractivity contribution is 0.0970. The predicted octanol–water partition coefficient (Wildman–Crippen LogP) is 7.42. The average Bonchev–Trinajstić information content (AvgIpc) is 3.14. The van der Waals surface area contributed by atoms with Crippen LogP contribution in [0.3, 0.4) is 0 Å². The number of nitrogens with zero attached hydrogens (tertiary/aromatic N) is 1. The molecule has 0 amide bonds. The van der Waals surface area contributed by atoms with Gasteiger partial charge in [-0.05, 0) is 12.8 Å². The summed E-state index contributed by atoms with van der Waals surface area (Å²) in [5.74, 6) is 0.714. The maximum absolute atomic E-state index is 12.0. The molecule has 150 valence electrons. The summed E-state index contributed by atoms with van der Waals surface area (Å²) in [4.78, 5) is 19.3. The Morgan fingerprint density at radius 2 is 1.23 bits per heavy atom. The maximum Gasteiger partial charge on any atom is 0.198 e. The van der Waals surface area contributed by atoms with Crippen LogP contribution < -0.4 is 0 Å². The van der Waals surface area contributed by atoms with E-state index in [9.17, 15) is 4.79 Å². The molecule has 3 nitrogen and oxygen atoms in total. The lowest BCUT2D eigenvalue weighted by atomic mass is 10.0. The minimum Gasteiger partial charge on any atom is -0.339 e. The highest BCUT2D eigenvalue weighted by Crippen LogP contribution is 2.14. The summed E-state index contributed by atoms with van der Waals surface area (Å²) < 4.78 is 0. The molecule has 1 N–H and O–H groups in total. The van der Waals surface area contributed by atoms with Gasteiger partial charge >= 0.3 is 0 Å². The van der Waals surface area contributed by atoms with Crippen LogP contribution in [0.15, 0.2) is 6.20 Å². The van der Waals surface area contributed by atoms with Crippen molar-refractivity contribution in [3.8, 4) is 0 Å². The molecular formula is C23H42N2O. The van der Waals surface area contributed by atoms with Gasteiger partial charge in [0.05, 0.1) is 0 Å². The van der Waals surface area contributed by atoms with Crippen molar-refractivity contribution in [2.75, 3.05) is 0 Å². The van der Waals surface area contributed by atoms with Gasteiger partial charge in [0.15, 0.2) is 11.6 Å². The third kappa shape index (κ3) is 11.5. The Labute approximate surface area is 161 Å². The largest absolute Gasteiger partial charge is 0.339 e. The summed E-state index contributed by atoms with van der Waals surface area (Å²) in [6.07, 6.45) is 23.6. The first kappa shape index (κ1) is 22.9. The normalized spacial score (nSPS) is 11.2. The van der Waals surface area contributed by atoms with Gasteiger partial charge in [-0.15, -0.1) is 0 Å². The number of H-pyrrole nitrogens is 1. The minimum atomic E-state index is 0.166. The molecule has 26 heavy (non-hydrogen) atoms. The Kier molecular flexibility index (Phi) is 14.2. The number of hydrogen-bond acceptors (Lipinski definition) is 2. The van der Waals surface area contributed by atoms with E-state index in [4.69, 9.17) is 0 Å². The zero-order chi connectivity index (χ0) is 18.9. The number of rotatable bonds is 18. The summed E-state index contributed by atoms with van der Waals surface area (Å²) in [6.45, 7) is 4.35. The Hall–Kier alpha value is -1.12. The van der Waals surface area contributed by atoms with Crippen LogP contribution in [-0.2, 0) is 6.42 Å². The number of carbonyl (C=O) groups excluding carboxylic acids is 1. The predicted molar refractivity (Wildman–Crippen MR) is 112 cm³/mol. The average molecular weight is 363 g/mol. The number of aromatic nitrogens is 2. The Morgan fingerprint density at radius 1 is 0.769 bits per heavy atom. The number of aryl methyl sites for hydroxylation is 1. The van der Waals surface area contributed by atoms with E-state index in [1.807, 2.05) is 0 Å². The Morgan fingerprint density at radius 3 is 1.65 bits per heavy atom.